The second kappa shape index (κ2) is 8.48. The Kier molecular flexibility index (Phi) is 6.71. The van der Waals surface area contributed by atoms with Gasteiger partial charge in [-0.2, -0.15) is 17.6 Å². The number of nitrogens with zero attached hydrogens (tertiary/aromatic N) is 2. The first-order chi connectivity index (χ1) is 13.0. The Labute approximate surface area is 169 Å². The summed E-state index contributed by atoms with van der Waals surface area (Å²) in [4.78, 5) is 4.12. The van der Waals surface area contributed by atoms with E-state index >= 15 is 0 Å². The lowest BCUT2D eigenvalue weighted by molar-refractivity contribution is -0.137. The molecule has 0 aliphatic heterocycles. The lowest BCUT2D eigenvalue weighted by Crippen LogP contribution is -2.19. The highest BCUT2D eigenvalue weighted by Gasteiger charge is 2.35. The zero-order valence-electron chi connectivity index (χ0n) is 15.7. The molecule has 0 aliphatic carbocycles. The van der Waals surface area contributed by atoms with Gasteiger partial charge in [0.15, 0.2) is 5.05 Å². The number of ether oxygens (including phenoxy) is 1. The molecule has 0 amide bonds. The number of hydrogen-bond donors (Lipinski definition) is 0. The summed E-state index contributed by atoms with van der Waals surface area (Å²) in [7, 11) is -0.292. The molecule has 0 saturated carbocycles. The van der Waals surface area contributed by atoms with Crippen molar-refractivity contribution in [2.45, 2.75) is 31.7 Å². The summed E-state index contributed by atoms with van der Waals surface area (Å²) in [5, 5.41) is 0.0150. The van der Waals surface area contributed by atoms with E-state index < -0.39 is 27.5 Å². The van der Waals surface area contributed by atoms with Crippen LogP contribution in [0.2, 0.25) is 0 Å². The first kappa shape index (κ1) is 22.2. The molecule has 28 heavy (non-hydrogen) atoms. The van der Waals surface area contributed by atoms with E-state index in [2.05, 4.69) is 9.38 Å². The van der Waals surface area contributed by atoms with E-state index in [-0.39, 0.29) is 27.4 Å². The van der Waals surface area contributed by atoms with Gasteiger partial charge >= 0.3 is 6.18 Å². The molecule has 4 nitrogen and oxygen atoms in total. The first-order valence-corrected chi connectivity index (χ1v) is 9.68. The van der Waals surface area contributed by atoms with Gasteiger partial charge in [-0.25, -0.2) is 4.21 Å². The van der Waals surface area contributed by atoms with Crippen LogP contribution in [-0.2, 0) is 21.9 Å². The van der Waals surface area contributed by atoms with Gasteiger partial charge in [0.2, 0.25) is 0 Å². The molecule has 0 aliphatic rings. The molecular formula is C19H19F3N2O2S2. The Morgan fingerprint density at radius 2 is 1.89 bits per heavy atom. The summed E-state index contributed by atoms with van der Waals surface area (Å²) in [6.45, 7) is 5.17. The van der Waals surface area contributed by atoms with Crippen LogP contribution in [0.5, 0.6) is 0 Å². The molecule has 1 unspecified atom stereocenters. The number of methoxy groups -OCH3 is 1. The van der Waals surface area contributed by atoms with Gasteiger partial charge in [0.1, 0.15) is 11.0 Å². The molecule has 9 heteroatoms. The Morgan fingerprint density at radius 1 is 1.21 bits per heavy atom. The van der Waals surface area contributed by atoms with Crippen molar-refractivity contribution < 1.29 is 22.1 Å². The van der Waals surface area contributed by atoms with Gasteiger partial charge in [-0.3, -0.25) is 4.98 Å². The zero-order valence-corrected chi connectivity index (χ0v) is 17.3. The minimum Gasteiger partial charge on any atom is -0.486 e. The first-order valence-electron chi connectivity index (χ1n) is 8.16. The summed E-state index contributed by atoms with van der Waals surface area (Å²) in [6, 6.07) is 6.78. The molecule has 0 saturated heterocycles. The van der Waals surface area contributed by atoms with E-state index in [9.17, 15) is 17.4 Å². The average Bonchev–Trinajstić information content (AvgIpc) is 2.63. The quantitative estimate of drug-likeness (QED) is 0.510. The number of benzene rings is 1. The van der Waals surface area contributed by atoms with Crippen LogP contribution in [0.4, 0.5) is 13.2 Å². The van der Waals surface area contributed by atoms with Crippen LogP contribution in [0.25, 0.3) is 11.3 Å². The van der Waals surface area contributed by atoms with Crippen LogP contribution in [0.15, 0.2) is 40.9 Å². The van der Waals surface area contributed by atoms with Gasteiger partial charge < -0.3 is 4.74 Å². The Bertz CT molecular complexity index is 936. The number of alkyl halides is 3. The number of hydrogen-bond acceptors (Lipinski definition) is 4. The van der Waals surface area contributed by atoms with E-state index in [4.69, 9.17) is 17.0 Å². The highest BCUT2D eigenvalue weighted by molar-refractivity contribution is 7.85. The van der Waals surface area contributed by atoms with Crippen LogP contribution in [0, 0.1) is 0 Å². The number of pyridine rings is 1. The fourth-order valence-corrected chi connectivity index (χ4v) is 3.01. The van der Waals surface area contributed by atoms with Crippen molar-refractivity contribution in [3.63, 3.8) is 0 Å². The van der Waals surface area contributed by atoms with Crippen molar-refractivity contribution in [2.75, 3.05) is 7.11 Å². The number of rotatable bonds is 4. The van der Waals surface area contributed by atoms with E-state index in [1.807, 2.05) is 0 Å². The van der Waals surface area contributed by atoms with Crippen LogP contribution in [-0.4, -0.2) is 32.3 Å². The van der Waals surface area contributed by atoms with Crippen molar-refractivity contribution in [3.05, 3.63) is 53.2 Å². The predicted octanol–water partition coefficient (Wildman–Crippen LogP) is 4.97. The van der Waals surface area contributed by atoms with Crippen LogP contribution >= 0.6 is 12.2 Å². The normalized spacial score (nSPS) is 13.5. The minimum atomic E-state index is -4.63. The second-order valence-corrected chi connectivity index (χ2v) is 9.06. The summed E-state index contributed by atoms with van der Waals surface area (Å²) in [5.74, 6) is 0. The molecule has 0 spiro atoms. The van der Waals surface area contributed by atoms with E-state index in [0.29, 0.717) is 0 Å². The molecule has 150 valence electrons. The molecule has 1 aromatic heterocycles. The van der Waals surface area contributed by atoms with Gasteiger partial charge in [-0.15, -0.1) is 0 Å². The van der Waals surface area contributed by atoms with Gasteiger partial charge in [0, 0.05) is 23.5 Å². The van der Waals surface area contributed by atoms with Crippen molar-refractivity contribution >= 4 is 34.5 Å². The highest BCUT2D eigenvalue weighted by Crippen LogP contribution is 2.39. The smallest absolute Gasteiger partial charge is 0.417 e. The third-order valence-corrected chi connectivity index (χ3v) is 5.39. The Morgan fingerprint density at radius 3 is 2.46 bits per heavy atom. The predicted molar refractivity (Wildman–Crippen MR) is 109 cm³/mol. The zero-order chi connectivity index (χ0) is 21.1. The number of thiocarbonyl (C=S) groups is 1. The monoisotopic (exact) mass is 428 g/mol. The fraction of sp³-hybridized carbons (Fsp3) is 0.316. The Hall–Kier alpha value is -2.13. The van der Waals surface area contributed by atoms with Gasteiger partial charge in [-0.05, 0) is 51.2 Å². The standard InChI is InChI=1S/C19H19F3N2O2S2/c1-18(2,3)28(25)24-11-12-7-5-9-14(19(20,21)22)15(12)16-13(17(27)26-4)8-6-10-23-16/h5-11H,1-4H3/b24-11-. The number of aromatic nitrogens is 1. The van der Waals surface area contributed by atoms with Crippen LogP contribution in [0.1, 0.15) is 37.5 Å². The second-order valence-electron chi connectivity index (χ2n) is 6.75. The van der Waals surface area contributed by atoms with Crippen molar-refractivity contribution in [1.82, 2.24) is 4.98 Å². The molecule has 0 N–H and O–H groups in total. The van der Waals surface area contributed by atoms with E-state index in [1.54, 1.807) is 26.8 Å². The largest absolute Gasteiger partial charge is 0.486 e. The lowest BCUT2D eigenvalue weighted by atomic mass is 9.95. The Balaban J connectivity index is 2.77. The van der Waals surface area contributed by atoms with Gasteiger partial charge in [0.05, 0.1) is 28.7 Å². The van der Waals surface area contributed by atoms with Crippen LogP contribution < -0.4 is 0 Å². The molecule has 2 rings (SSSR count). The number of halogens is 3. The highest BCUT2D eigenvalue weighted by atomic mass is 32.2. The summed E-state index contributed by atoms with van der Waals surface area (Å²) in [5.41, 5.74) is -0.684. The van der Waals surface area contributed by atoms with Gasteiger partial charge in [0.25, 0.3) is 0 Å². The lowest BCUT2D eigenvalue weighted by Gasteiger charge is -2.18. The summed E-state index contributed by atoms with van der Waals surface area (Å²) in [6.07, 6.45) is -2.08. The SMILES string of the molecule is COC(=S)c1cccnc1-c1c(/C=N\S(=O)C(C)(C)C)cccc1C(F)(F)F. The molecule has 1 heterocycles. The molecule has 1 atom stereocenters. The summed E-state index contributed by atoms with van der Waals surface area (Å²) < 4.78 is 61.7. The maximum atomic E-state index is 13.7. The maximum Gasteiger partial charge on any atom is 0.417 e. The molecule has 0 bridgehead atoms. The third kappa shape index (κ3) is 5.02. The molecule has 0 radical (unpaired) electrons. The van der Waals surface area contributed by atoms with E-state index in [0.717, 1.165) is 6.07 Å². The average molecular weight is 429 g/mol. The molecule has 0 fully saturated rings. The molecular weight excluding hydrogens is 409 g/mol. The third-order valence-electron chi connectivity index (χ3n) is 3.66. The fourth-order valence-electron chi connectivity index (χ4n) is 2.32. The topological polar surface area (TPSA) is 51.6 Å². The van der Waals surface area contributed by atoms with Crippen molar-refractivity contribution in [3.8, 4) is 11.3 Å². The maximum absolute atomic E-state index is 13.7. The summed E-state index contributed by atoms with van der Waals surface area (Å²) >= 11 is 5.12. The van der Waals surface area contributed by atoms with Crippen LogP contribution in [0.3, 0.4) is 0 Å². The van der Waals surface area contributed by atoms with Gasteiger partial charge in [-0.1, -0.05) is 12.1 Å². The molecule has 1 aromatic carbocycles. The van der Waals surface area contributed by atoms with Crippen molar-refractivity contribution in [1.29, 1.82) is 0 Å². The molecule has 2 aromatic rings. The van der Waals surface area contributed by atoms with E-state index in [1.165, 1.54) is 37.7 Å². The van der Waals surface area contributed by atoms with Crippen molar-refractivity contribution in [2.24, 2.45) is 4.40 Å². The minimum absolute atomic E-state index is 0.0150.